The number of hydrogen-bond donors (Lipinski definition) is 1. The van der Waals surface area contributed by atoms with E-state index in [1.807, 2.05) is 0 Å². The number of fused-ring (bicyclic) bond motifs is 1. The standard InChI is InChI=1S/C18H17F3N4O2/c1-11(2)17(26)23-16-14-10-25(24-15(14)7-8-22-16)9-12-3-5-13(6-4-12)27-18(19,20)21/h3-8,10-11H,9H2,1-2H3,(H,22,23,26). The first kappa shape index (κ1) is 18.7. The minimum absolute atomic E-state index is 0.150. The smallest absolute Gasteiger partial charge is 0.406 e. The van der Waals surface area contributed by atoms with E-state index >= 15 is 0 Å². The highest BCUT2D eigenvalue weighted by atomic mass is 19.4. The maximum Gasteiger partial charge on any atom is 0.573 e. The number of ether oxygens (including phenoxy) is 1. The van der Waals surface area contributed by atoms with Crippen molar-refractivity contribution in [3.63, 3.8) is 0 Å². The van der Waals surface area contributed by atoms with Gasteiger partial charge in [-0.2, -0.15) is 5.10 Å². The van der Waals surface area contributed by atoms with E-state index in [-0.39, 0.29) is 17.6 Å². The van der Waals surface area contributed by atoms with Gasteiger partial charge in [-0.3, -0.25) is 9.48 Å². The molecule has 0 unspecified atom stereocenters. The summed E-state index contributed by atoms with van der Waals surface area (Å²) in [7, 11) is 0. The second-order valence-electron chi connectivity index (χ2n) is 6.25. The van der Waals surface area contributed by atoms with Crippen molar-refractivity contribution in [1.29, 1.82) is 0 Å². The zero-order chi connectivity index (χ0) is 19.6. The molecule has 3 aromatic rings. The number of rotatable bonds is 5. The molecule has 142 valence electrons. The van der Waals surface area contributed by atoms with Crippen LogP contribution in [-0.2, 0) is 11.3 Å². The van der Waals surface area contributed by atoms with Crippen LogP contribution in [0.25, 0.3) is 10.9 Å². The number of hydrogen-bond acceptors (Lipinski definition) is 4. The van der Waals surface area contributed by atoms with E-state index in [0.717, 1.165) is 5.56 Å². The van der Waals surface area contributed by atoms with Crippen molar-refractivity contribution in [2.45, 2.75) is 26.8 Å². The van der Waals surface area contributed by atoms with Gasteiger partial charge >= 0.3 is 6.36 Å². The highest BCUT2D eigenvalue weighted by Crippen LogP contribution is 2.24. The first-order valence-corrected chi connectivity index (χ1v) is 8.19. The Labute approximate surface area is 153 Å². The van der Waals surface area contributed by atoms with Crippen molar-refractivity contribution >= 4 is 22.6 Å². The van der Waals surface area contributed by atoms with Crippen molar-refractivity contribution in [2.75, 3.05) is 5.32 Å². The topological polar surface area (TPSA) is 69.0 Å². The molecule has 0 aliphatic heterocycles. The van der Waals surface area contributed by atoms with Crippen LogP contribution < -0.4 is 10.1 Å². The molecular formula is C18H17F3N4O2. The summed E-state index contributed by atoms with van der Waals surface area (Å²) in [6.45, 7) is 3.91. The third kappa shape index (κ3) is 4.75. The fraction of sp³-hybridized carbons (Fsp3) is 0.278. The molecule has 3 rings (SSSR count). The van der Waals surface area contributed by atoms with Gasteiger partial charge in [-0.05, 0) is 23.8 Å². The SMILES string of the molecule is CC(C)C(=O)Nc1nccc2nn(Cc3ccc(OC(F)(F)F)cc3)cc12. The van der Waals surface area contributed by atoms with E-state index in [1.165, 1.54) is 24.3 Å². The van der Waals surface area contributed by atoms with Crippen LogP contribution in [0.1, 0.15) is 19.4 Å². The van der Waals surface area contributed by atoms with Crippen LogP contribution in [0, 0.1) is 5.92 Å². The molecule has 2 heterocycles. The lowest BCUT2D eigenvalue weighted by Crippen LogP contribution is -2.18. The van der Waals surface area contributed by atoms with E-state index < -0.39 is 6.36 Å². The van der Waals surface area contributed by atoms with Crippen molar-refractivity contribution in [3.8, 4) is 5.75 Å². The summed E-state index contributed by atoms with van der Waals surface area (Å²) in [5, 5.41) is 7.86. The van der Waals surface area contributed by atoms with Gasteiger partial charge in [0.25, 0.3) is 0 Å². The quantitative estimate of drug-likeness (QED) is 0.729. The van der Waals surface area contributed by atoms with Crippen LogP contribution in [-0.4, -0.2) is 27.0 Å². The summed E-state index contributed by atoms with van der Waals surface area (Å²) in [5.41, 5.74) is 1.40. The van der Waals surface area contributed by atoms with Crippen LogP contribution in [0.2, 0.25) is 0 Å². The van der Waals surface area contributed by atoms with E-state index in [9.17, 15) is 18.0 Å². The van der Waals surface area contributed by atoms with Crippen LogP contribution in [0.3, 0.4) is 0 Å². The first-order valence-electron chi connectivity index (χ1n) is 8.19. The van der Waals surface area contributed by atoms with E-state index in [2.05, 4.69) is 20.1 Å². The predicted molar refractivity (Wildman–Crippen MR) is 93.2 cm³/mol. The third-order valence-electron chi connectivity index (χ3n) is 3.75. The first-order chi connectivity index (χ1) is 12.7. The van der Waals surface area contributed by atoms with Gasteiger partial charge in [0.1, 0.15) is 11.6 Å². The van der Waals surface area contributed by atoms with E-state index in [4.69, 9.17) is 0 Å². The van der Waals surface area contributed by atoms with E-state index in [1.54, 1.807) is 37.0 Å². The van der Waals surface area contributed by atoms with Gasteiger partial charge in [0.2, 0.25) is 5.91 Å². The van der Waals surface area contributed by atoms with Crippen molar-refractivity contribution in [2.24, 2.45) is 5.92 Å². The monoisotopic (exact) mass is 378 g/mol. The molecule has 2 aromatic heterocycles. The van der Waals surface area contributed by atoms with Crippen LogP contribution in [0.4, 0.5) is 19.0 Å². The normalized spacial score (nSPS) is 11.8. The molecule has 0 saturated heterocycles. The third-order valence-corrected chi connectivity index (χ3v) is 3.75. The summed E-state index contributed by atoms with van der Waals surface area (Å²) in [4.78, 5) is 16.1. The number of halogens is 3. The molecule has 0 spiro atoms. The number of anilines is 1. The molecule has 1 N–H and O–H groups in total. The summed E-state index contributed by atoms with van der Waals surface area (Å²) < 4.78 is 42.1. The second kappa shape index (κ2) is 7.26. The molecular weight excluding hydrogens is 361 g/mol. The maximum atomic E-state index is 12.2. The van der Waals surface area contributed by atoms with Gasteiger partial charge in [0.05, 0.1) is 17.4 Å². The van der Waals surface area contributed by atoms with Crippen molar-refractivity contribution in [3.05, 3.63) is 48.3 Å². The molecule has 6 nitrogen and oxygen atoms in total. The minimum atomic E-state index is -4.72. The Hall–Kier alpha value is -3.10. The number of amides is 1. The maximum absolute atomic E-state index is 12.2. The lowest BCUT2D eigenvalue weighted by Gasteiger charge is -2.09. The zero-order valence-electron chi connectivity index (χ0n) is 14.6. The number of carbonyl (C=O) groups excluding carboxylic acids is 1. The average Bonchev–Trinajstić information content (AvgIpc) is 2.98. The number of pyridine rings is 1. The van der Waals surface area contributed by atoms with Gasteiger partial charge in [0.15, 0.2) is 0 Å². The Morgan fingerprint density at radius 2 is 1.93 bits per heavy atom. The van der Waals surface area contributed by atoms with E-state index in [0.29, 0.717) is 23.3 Å². The highest BCUT2D eigenvalue weighted by Gasteiger charge is 2.30. The molecule has 0 atom stereocenters. The molecule has 0 aliphatic rings. The van der Waals surface area contributed by atoms with Crippen molar-refractivity contribution in [1.82, 2.24) is 14.8 Å². The fourth-order valence-electron chi connectivity index (χ4n) is 2.42. The summed E-state index contributed by atoms with van der Waals surface area (Å²) >= 11 is 0. The number of alkyl halides is 3. The Kier molecular flexibility index (Phi) is 5.02. The van der Waals surface area contributed by atoms with Gasteiger partial charge in [-0.25, -0.2) is 4.98 Å². The Bertz CT molecular complexity index is 949. The van der Waals surface area contributed by atoms with Crippen LogP contribution >= 0.6 is 0 Å². The largest absolute Gasteiger partial charge is 0.573 e. The Balaban J connectivity index is 1.79. The molecule has 1 amide bonds. The lowest BCUT2D eigenvalue weighted by atomic mass is 10.2. The fourth-order valence-corrected chi connectivity index (χ4v) is 2.42. The molecule has 0 aliphatic carbocycles. The van der Waals surface area contributed by atoms with Crippen LogP contribution in [0.5, 0.6) is 5.75 Å². The predicted octanol–water partition coefficient (Wildman–Crippen LogP) is 3.97. The Morgan fingerprint density at radius 3 is 2.56 bits per heavy atom. The number of aromatic nitrogens is 3. The van der Waals surface area contributed by atoms with Crippen molar-refractivity contribution < 1.29 is 22.7 Å². The van der Waals surface area contributed by atoms with Crippen LogP contribution in [0.15, 0.2) is 42.7 Å². The molecule has 27 heavy (non-hydrogen) atoms. The molecule has 0 bridgehead atoms. The molecule has 1 aromatic carbocycles. The van der Waals surface area contributed by atoms with Gasteiger partial charge < -0.3 is 10.1 Å². The minimum Gasteiger partial charge on any atom is -0.406 e. The number of carbonyl (C=O) groups is 1. The lowest BCUT2D eigenvalue weighted by molar-refractivity contribution is -0.274. The molecule has 0 fully saturated rings. The van der Waals surface area contributed by atoms with Gasteiger partial charge in [-0.1, -0.05) is 26.0 Å². The summed E-state index contributed by atoms with van der Waals surface area (Å²) in [6.07, 6.45) is -1.43. The van der Waals surface area contributed by atoms with Gasteiger partial charge in [-0.15, -0.1) is 13.2 Å². The zero-order valence-corrected chi connectivity index (χ0v) is 14.6. The summed E-state index contributed by atoms with van der Waals surface area (Å²) in [5.74, 6) is -0.191. The number of nitrogens with one attached hydrogen (secondary N) is 1. The number of nitrogens with zero attached hydrogens (tertiary/aromatic N) is 3. The Morgan fingerprint density at radius 1 is 1.22 bits per heavy atom. The second-order valence-corrected chi connectivity index (χ2v) is 6.25. The molecule has 9 heteroatoms. The number of benzene rings is 1. The average molecular weight is 378 g/mol. The van der Waals surface area contributed by atoms with Gasteiger partial charge in [0, 0.05) is 18.3 Å². The molecule has 0 saturated carbocycles. The molecule has 0 radical (unpaired) electrons. The highest BCUT2D eigenvalue weighted by molar-refractivity contribution is 5.99. The summed E-state index contributed by atoms with van der Waals surface area (Å²) in [6, 6.07) is 7.29.